The van der Waals surface area contributed by atoms with Gasteiger partial charge in [-0.15, -0.1) is 5.10 Å². The minimum absolute atomic E-state index is 0.216. The number of piperidine rings is 1. The summed E-state index contributed by atoms with van der Waals surface area (Å²) in [5.41, 5.74) is 0.828. The summed E-state index contributed by atoms with van der Waals surface area (Å²) in [6.45, 7) is 3.86. The molecule has 160 valence electrons. The van der Waals surface area contributed by atoms with Crippen molar-refractivity contribution in [3.05, 3.63) is 41.7 Å². The highest BCUT2D eigenvalue weighted by molar-refractivity contribution is 5.94. The lowest BCUT2D eigenvalue weighted by Crippen LogP contribution is -2.47. The van der Waals surface area contributed by atoms with E-state index in [0.29, 0.717) is 18.0 Å². The van der Waals surface area contributed by atoms with E-state index in [1.807, 2.05) is 35.0 Å². The predicted molar refractivity (Wildman–Crippen MR) is 114 cm³/mol. The van der Waals surface area contributed by atoms with Crippen LogP contribution in [-0.4, -0.2) is 61.6 Å². The lowest BCUT2D eigenvalue weighted by molar-refractivity contribution is 0.0511. The van der Waals surface area contributed by atoms with E-state index >= 15 is 0 Å². The third-order valence-corrected chi connectivity index (χ3v) is 7.08. The number of hydrogen-bond donors (Lipinski definition) is 0. The molecule has 1 aromatic carbocycles. The quantitative estimate of drug-likeness (QED) is 0.759. The molecule has 5 rings (SSSR count). The molecule has 1 aromatic heterocycles. The molecule has 1 atom stereocenters. The molecule has 7 heteroatoms. The van der Waals surface area contributed by atoms with Crippen LogP contribution in [0.5, 0.6) is 0 Å². The molecule has 7 nitrogen and oxygen atoms in total. The van der Waals surface area contributed by atoms with Gasteiger partial charge in [-0.25, -0.2) is 4.68 Å². The van der Waals surface area contributed by atoms with Gasteiger partial charge in [0, 0.05) is 18.2 Å². The molecular weight excluding hydrogens is 376 g/mol. The van der Waals surface area contributed by atoms with Crippen LogP contribution in [0.4, 0.5) is 0 Å². The fourth-order valence-electron chi connectivity index (χ4n) is 5.24. The summed E-state index contributed by atoms with van der Waals surface area (Å²) >= 11 is 0. The lowest BCUT2D eigenvalue weighted by atomic mass is 9.86. The molecular formula is C23H32N6O. The number of nitrogens with zero attached hydrogens (tertiary/aromatic N) is 6. The van der Waals surface area contributed by atoms with Crippen LogP contribution < -0.4 is 0 Å². The first-order chi connectivity index (χ1) is 14.8. The Balaban J connectivity index is 1.23. The normalized spacial score (nSPS) is 24.0. The highest BCUT2D eigenvalue weighted by Crippen LogP contribution is 2.35. The monoisotopic (exact) mass is 408 g/mol. The zero-order valence-corrected chi connectivity index (χ0v) is 17.7. The van der Waals surface area contributed by atoms with E-state index in [1.165, 1.54) is 25.7 Å². The minimum Gasteiger partial charge on any atom is -0.335 e. The van der Waals surface area contributed by atoms with Gasteiger partial charge < -0.3 is 4.90 Å². The number of carbonyl (C=O) groups is 1. The molecule has 3 fully saturated rings. The molecule has 0 bridgehead atoms. The van der Waals surface area contributed by atoms with Crippen LogP contribution in [-0.2, 0) is 6.54 Å². The molecule has 1 amide bonds. The second-order valence-electron chi connectivity index (χ2n) is 9.17. The van der Waals surface area contributed by atoms with Crippen LogP contribution in [0.3, 0.4) is 0 Å². The van der Waals surface area contributed by atoms with Gasteiger partial charge in [-0.1, -0.05) is 31.0 Å². The van der Waals surface area contributed by atoms with Crippen molar-refractivity contribution in [2.24, 2.45) is 5.92 Å². The van der Waals surface area contributed by atoms with E-state index in [9.17, 15) is 4.79 Å². The average Bonchev–Trinajstić information content (AvgIpc) is 3.58. The third kappa shape index (κ3) is 4.26. The number of tetrazole rings is 1. The van der Waals surface area contributed by atoms with Crippen molar-refractivity contribution >= 4 is 5.91 Å². The Kier molecular flexibility index (Phi) is 5.79. The van der Waals surface area contributed by atoms with Gasteiger partial charge in [0.15, 0.2) is 5.82 Å². The van der Waals surface area contributed by atoms with Crippen molar-refractivity contribution < 1.29 is 4.79 Å². The Labute approximate surface area is 178 Å². The van der Waals surface area contributed by atoms with Crippen molar-refractivity contribution in [3.8, 4) is 0 Å². The summed E-state index contributed by atoms with van der Waals surface area (Å²) in [6.07, 6.45) is 9.43. The maximum absolute atomic E-state index is 13.3. The minimum atomic E-state index is 0.216. The van der Waals surface area contributed by atoms with Crippen LogP contribution in [0.15, 0.2) is 30.3 Å². The number of carbonyl (C=O) groups excluding carboxylic acids is 1. The second kappa shape index (κ2) is 8.84. The lowest BCUT2D eigenvalue weighted by Gasteiger charge is -2.40. The average molecular weight is 409 g/mol. The molecule has 0 N–H and O–H groups in total. The predicted octanol–water partition coefficient (Wildman–Crippen LogP) is 3.31. The number of benzene rings is 1. The van der Waals surface area contributed by atoms with E-state index in [0.717, 1.165) is 63.3 Å². The van der Waals surface area contributed by atoms with Crippen molar-refractivity contribution in [1.29, 1.82) is 0 Å². The summed E-state index contributed by atoms with van der Waals surface area (Å²) in [6, 6.07) is 10.7. The molecule has 0 radical (unpaired) electrons. The van der Waals surface area contributed by atoms with E-state index < -0.39 is 0 Å². The van der Waals surface area contributed by atoms with E-state index in [4.69, 9.17) is 0 Å². The largest absolute Gasteiger partial charge is 0.335 e. The van der Waals surface area contributed by atoms with E-state index in [1.54, 1.807) is 0 Å². The molecule has 2 saturated heterocycles. The molecule has 2 aromatic rings. The van der Waals surface area contributed by atoms with Gasteiger partial charge in [0.25, 0.3) is 5.91 Å². The van der Waals surface area contributed by atoms with Gasteiger partial charge in [-0.2, -0.15) is 0 Å². The first-order valence-corrected chi connectivity index (χ1v) is 11.6. The van der Waals surface area contributed by atoms with Crippen molar-refractivity contribution in [1.82, 2.24) is 30.0 Å². The van der Waals surface area contributed by atoms with Gasteiger partial charge in [-0.05, 0) is 80.1 Å². The van der Waals surface area contributed by atoms with Gasteiger partial charge in [0.2, 0.25) is 0 Å². The number of likely N-dealkylation sites (tertiary alicyclic amines) is 2. The van der Waals surface area contributed by atoms with Gasteiger partial charge in [-0.3, -0.25) is 9.69 Å². The first kappa shape index (κ1) is 19.7. The van der Waals surface area contributed by atoms with Gasteiger partial charge in [0.1, 0.15) is 0 Å². The zero-order valence-electron chi connectivity index (χ0n) is 17.7. The van der Waals surface area contributed by atoms with Gasteiger partial charge in [0.05, 0.1) is 12.6 Å². The summed E-state index contributed by atoms with van der Waals surface area (Å²) in [4.78, 5) is 18.0. The number of aromatic nitrogens is 4. The maximum Gasteiger partial charge on any atom is 0.254 e. The standard InChI is InChI=1S/C23H32N6O/c30-23(19-7-3-1-4-8-19)28-14-6-2-5-9-21(28)18-12-15-27(16-13-18)17-22-24-25-26-29(22)20-10-11-20/h1,3-4,7-8,18,20-21H,2,5-6,9-17H2/t21-/m1/s1. The molecule has 2 aliphatic heterocycles. The molecule has 30 heavy (non-hydrogen) atoms. The zero-order chi connectivity index (χ0) is 20.3. The molecule has 0 spiro atoms. The highest BCUT2D eigenvalue weighted by Gasteiger charge is 2.35. The summed E-state index contributed by atoms with van der Waals surface area (Å²) in [5.74, 6) is 1.81. The van der Waals surface area contributed by atoms with Crippen LogP contribution in [0, 0.1) is 5.92 Å². The Hall–Kier alpha value is -2.28. The van der Waals surface area contributed by atoms with Crippen LogP contribution in [0.2, 0.25) is 0 Å². The van der Waals surface area contributed by atoms with E-state index in [2.05, 4.69) is 25.3 Å². The summed E-state index contributed by atoms with van der Waals surface area (Å²) in [7, 11) is 0. The van der Waals surface area contributed by atoms with Crippen molar-refractivity contribution in [2.45, 2.75) is 70.0 Å². The fraction of sp³-hybridized carbons (Fsp3) is 0.652. The first-order valence-electron chi connectivity index (χ1n) is 11.6. The summed E-state index contributed by atoms with van der Waals surface area (Å²) in [5, 5.41) is 12.4. The van der Waals surface area contributed by atoms with Gasteiger partial charge >= 0.3 is 0 Å². The van der Waals surface area contributed by atoms with Crippen LogP contribution in [0.1, 0.15) is 73.6 Å². The SMILES string of the molecule is O=C(c1ccccc1)N1CCCCC[C@@H]1C1CCN(Cc2nnnn2C2CC2)CC1. The van der Waals surface area contributed by atoms with E-state index in [-0.39, 0.29) is 5.91 Å². The number of amides is 1. The summed E-state index contributed by atoms with van der Waals surface area (Å²) < 4.78 is 2.03. The smallest absolute Gasteiger partial charge is 0.254 e. The Bertz CT molecular complexity index is 840. The third-order valence-electron chi connectivity index (χ3n) is 7.08. The van der Waals surface area contributed by atoms with Crippen molar-refractivity contribution in [2.75, 3.05) is 19.6 Å². The Morgan fingerprint density at radius 3 is 2.50 bits per heavy atom. The highest BCUT2D eigenvalue weighted by atomic mass is 16.2. The Morgan fingerprint density at radius 1 is 0.933 bits per heavy atom. The molecule has 0 unspecified atom stereocenters. The Morgan fingerprint density at radius 2 is 1.73 bits per heavy atom. The molecule has 3 aliphatic rings. The fourth-order valence-corrected chi connectivity index (χ4v) is 5.24. The maximum atomic E-state index is 13.3. The number of hydrogen-bond acceptors (Lipinski definition) is 5. The van der Waals surface area contributed by atoms with Crippen LogP contribution >= 0.6 is 0 Å². The molecule has 1 saturated carbocycles. The second-order valence-corrected chi connectivity index (χ2v) is 9.17. The molecule has 1 aliphatic carbocycles. The van der Waals surface area contributed by atoms with Crippen molar-refractivity contribution in [3.63, 3.8) is 0 Å². The topological polar surface area (TPSA) is 67.2 Å². The number of rotatable bonds is 5. The molecule has 3 heterocycles. The van der Waals surface area contributed by atoms with Crippen LogP contribution in [0.25, 0.3) is 0 Å².